The summed E-state index contributed by atoms with van der Waals surface area (Å²) in [6, 6.07) is 1.34. The molecule has 0 atom stereocenters. The van der Waals surface area contributed by atoms with Crippen molar-refractivity contribution in [1.82, 2.24) is 4.98 Å². The van der Waals surface area contributed by atoms with Crippen LogP contribution in [0, 0.1) is 5.82 Å². The summed E-state index contributed by atoms with van der Waals surface area (Å²) in [7, 11) is 0. The predicted molar refractivity (Wildman–Crippen MR) is 47.0 cm³/mol. The number of hydrogen-bond acceptors (Lipinski definition) is 2. The van der Waals surface area contributed by atoms with Gasteiger partial charge in [-0.25, -0.2) is 4.39 Å². The molecule has 62 valence electrons. The third kappa shape index (κ3) is 2.73. The van der Waals surface area contributed by atoms with Gasteiger partial charge in [0, 0.05) is 11.0 Å². The van der Waals surface area contributed by atoms with E-state index in [1.807, 2.05) is 0 Å². The van der Waals surface area contributed by atoms with Crippen molar-refractivity contribution >= 4 is 28.3 Å². The smallest absolute Gasteiger partial charge is 0.142 e. The summed E-state index contributed by atoms with van der Waals surface area (Å²) in [4.78, 5) is 3.75. The van der Waals surface area contributed by atoms with E-state index in [0.29, 0.717) is 16.7 Å². The maximum absolute atomic E-state index is 12.4. The highest BCUT2D eigenvalue weighted by Gasteiger charge is 1.99. The second kappa shape index (κ2) is 4.64. The third-order valence-electron chi connectivity index (χ3n) is 1.08. The summed E-state index contributed by atoms with van der Waals surface area (Å²) in [5.74, 6) is -0.357. The maximum Gasteiger partial charge on any atom is 0.142 e. The summed E-state index contributed by atoms with van der Waals surface area (Å²) >= 11 is 3.12. The van der Waals surface area contributed by atoms with Gasteiger partial charge in [-0.3, -0.25) is 4.98 Å². The number of nitrogens with zero attached hydrogens (tertiary/aromatic N) is 1. The largest absolute Gasteiger partial charge is 0.325 e. The third-order valence-corrected chi connectivity index (χ3v) is 1.76. The molecule has 11 heavy (non-hydrogen) atoms. The Morgan fingerprint density at radius 3 is 2.73 bits per heavy atom. The van der Waals surface area contributed by atoms with Crippen molar-refractivity contribution in [2.75, 3.05) is 0 Å². The Kier molecular flexibility index (Phi) is 4.56. The number of nitrogens with two attached hydrogens (primary N) is 1. The molecular weight excluding hydrogens is 234 g/mol. The van der Waals surface area contributed by atoms with Gasteiger partial charge in [-0.15, -0.1) is 12.4 Å². The summed E-state index contributed by atoms with van der Waals surface area (Å²) < 4.78 is 13.0. The molecule has 0 spiro atoms. The highest BCUT2D eigenvalue weighted by molar-refractivity contribution is 9.10. The molecule has 0 fully saturated rings. The normalized spacial score (nSPS) is 9.00. The molecular formula is C6H7BrClFN2. The quantitative estimate of drug-likeness (QED) is 0.815. The molecule has 1 aromatic rings. The molecule has 1 rings (SSSR count). The van der Waals surface area contributed by atoms with Crippen molar-refractivity contribution in [3.63, 3.8) is 0 Å². The van der Waals surface area contributed by atoms with Crippen LogP contribution in [0.2, 0.25) is 0 Å². The lowest BCUT2D eigenvalue weighted by atomic mass is 10.3. The van der Waals surface area contributed by atoms with Crippen LogP contribution < -0.4 is 5.73 Å². The monoisotopic (exact) mass is 240 g/mol. The second-order valence-electron chi connectivity index (χ2n) is 1.79. The summed E-state index contributed by atoms with van der Waals surface area (Å²) in [5.41, 5.74) is 5.95. The van der Waals surface area contributed by atoms with E-state index in [1.165, 1.54) is 6.07 Å². The SMILES string of the molecule is Cl.NCc1ncc(F)cc1Br. The first-order valence-corrected chi connectivity index (χ1v) is 3.53. The van der Waals surface area contributed by atoms with Crippen LogP contribution in [0.1, 0.15) is 5.69 Å². The molecule has 0 aliphatic rings. The summed E-state index contributed by atoms with van der Waals surface area (Å²) in [6.45, 7) is 0.320. The number of aromatic nitrogens is 1. The van der Waals surface area contributed by atoms with Crippen LogP contribution in [0.15, 0.2) is 16.7 Å². The van der Waals surface area contributed by atoms with Crippen molar-refractivity contribution in [2.45, 2.75) is 6.54 Å². The van der Waals surface area contributed by atoms with Gasteiger partial charge in [-0.05, 0) is 22.0 Å². The van der Waals surface area contributed by atoms with Gasteiger partial charge in [0.15, 0.2) is 0 Å². The molecule has 1 aromatic heterocycles. The zero-order valence-electron chi connectivity index (χ0n) is 5.55. The lowest BCUT2D eigenvalue weighted by molar-refractivity contribution is 0.617. The van der Waals surface area contributed by atoms with Crippen LogP contribution >= 0.6 is 28.3 Å². The minimum Gasteiger partial charge on any atom is -0.325 e. The van der Waals surface area contributed by atoms with Crippen LogP contribution in [0.3, 0.4) is 0 Å². The van der Waals surface area contributed by atoms with Crippen molar-refractivity contribution in [1.29, 1.82) is 0 Å². The van der Waals surface area contributed by atoms with E-state index < -0.39 is 0 Å². The Morgan fingerprint density at radius 2 is 2.27 bits per heavy atom. The van der Waals surface area contributed by atoms with Crippen LogP contribution in [0.25, 0.3) is 0 Å². The topological polar surface area (TPSA) is 38.9 Å². The average molecular weight is 241 g/mol. The van der Waals surface area contributed by atoms with E-state index in [4.69, 9.17) is 5.73 Å². The minimum atomic E-state index is -0.357. The van der Waals surface area contributed by atoms with Crippen LogP contribution in [0.4, 0.5) is 4.39 Å². The van der Waals surface area contributed by atoms with Crippen LogP contribution in [0.5, 0.6) is 0 Å². The molecule has 0 radical (unpaired) electrons. The van der Waals surface area contributed by atoms with Crippen molar-refractivity contribution in [2.24, 2.45) is 5.73 Å². The Labute approximate surface area is 78.5 Å². The second-order valence-corrected chi connectivity index (χ2v) is 2.64. The summed E-state index contributed by atoms with van der Waals surface area (Å²) in [6.07, 6.45) is 1.15. The highest BCUT2D eigenvalue weighted by atomic mass is 79.9. The molecule has 0 aliphatic carbocycles. The molecule has 0 aliphatic heterocycles. The fourth-order valence-electron chi connectivity index (χ4n) is 0.593. The van der Waals surface area contributed by atoms with Crippen molar-refractivity contribution < 1.29 is 4.39 Å². The van der Waals surface area contributed by atoms with Gasteiger partial charge >= 0.3 is 0 Å². The molecule has 0 amide bonds. The molecule has 1 heterocycles. The first kappa shape index (κ1) is 10.8. The predicted octanol–water partition coefficient (Wildman–Crippen LogP) is 1.86. The highest BCUT2D eigenvalue weighted by Crippen LogP contribution is 2.14. The molecule has 2 N–H and O–H groups in total. The molecule has 0 aromatic carbocycles. The standard InChI is InChI=1S/C6H6BrFN2.ClH/c7-5-1-4(8)3-10-6(5)2-9;/h1,3H,2,9H2;1H. The lowest BCUT2D eigenvalue weighted by Crippen LogP contribution is -2.00. The summed E-state index contributed by atoms with van der Waals surface area (Å²) in [5, 5.41) is 0. The van der Waals surface area contributed by atoms with Gasteiger partial charge < -0.3 is 5.73 Å². The first-order valence-electron chi connectivity index (χ1n) is 2.74. The zero-order chi connectivity index (χ0) is 7.56. The zero-order valence-corrected chi connectivity index (χ0v) is 7.95. The van der Waals surface area contributed by atoms with E-state index in [-0.39, 0.29) is 18.2 Å². The van der Waals surface area contributed by atoms with Gasteiger partial charge in [-0.1, -0.05) is 0 Å². The molecule has 2 nitrogen and oxygen atoms in total. The van der Waals surface area contributed by atoms with Crippen molar-refractivity contribution in [3.8, 4) is 0 Å². The number of halogens is 3. The lowest BCUT2D eigenvalue weighted by Gasteiger charge is -1.97. The van der Waals surface area contributed by atoms with Gasteiger partial charge in [0.2, 0.25) is 0 Å². The van der Waals surface area contributed by atoms with Crippen LogP contribution in [-0.2, 0) is 6.54 Å². The van der Waals surface area contributed by atoms with E-state index in [1.54, 1.807) is 0 Å². The fourth-order valence-corrected chi connectivity index (χ4v) is 1.08. The number of hydrogen-bond donors (Lipinski definition) is 1. The van der Waals surface area contributed by atoms with E-state index in [9.17, 15) is 4.39 Å². The molecule has 0 bridgehead atoms. The van der Waals surface area contributed by atoms with Gasteiger partial charge in [0.05, 0.1) is 11.9 Å². The fraction of sp³-hybridized carbons (Fsp3) is 0.167. The van der Waals surface area contributed by atoms with Crippen LogP contribution in [-0.4, -0.2) is 4.98 Å². The number of rotatable bonds is 1. The van der Waals surface area contributed by atoms with Gasteiger partial charge in [0.1, 0.15) is 5.82 Å². The Balaban J connectivity index is 0.000001000. The minimum absolute atomic E-state index is 0. The van der Waals surface area contributed by atoms with Crippen molar-refractivity contribution in [3.05, 3.63) is 28.2 Å². The molecule has 5 heteroatoms. The molecule has 0 saturated carbocycles. The molecule has 0 saturated heterocycles. The average Bonchev–Trinajstić information content (AvgIpc) is 1.88. The van der Waals surface area contributed by atoms with Gasteiger partial charge in [-0.2, -0.15) is 0 Å². The van der Waals surface area contributed by atoms with Gasteiger partial charge in [0.25, 0.3) is 0 Å². The van der Waals surface area contributed by atoms with E-state index in [0.717, 1.165) is 6.20 Å². The molecule has 0 unspecified atom stereocenters. The number of pyridine rings is 1. The van der Waals surface area contributed by atoms with E-state index >= 15 is 0 Å². The first-order chi connectivity index (χ1) is 4.74. The van der Waals surface area contributed by atoms with E-state index in [2.05, 4.69) is 20.9 Å². The Hall–Kier alpha value is -0.190. The Bertz CT molecular complexity index is 244. The Morgan fingerprint density at radius 1 is 1.64 bits per heavy atom. The maximum atomic E-state index is 12.4.